The number of carbonyl (C=O) groups excluding carboxylic acids is 3. The van der Waals surface area contributed by atoms with E-state index in [-0.39, 0.29) is 13.2 Å². The first-order valence-electron chi connectivity index (χ1n) is 7.56. The summed E-state index contributed by atoms with van der Waals surface area (Å²) in [5, 5.41) is 3.51. The fourth-order valence-electron chi connectivity index (χ4n) is 1.30. The Morgan fingerprint density at radius 3 is 2.30 bits per heavy atom. The van der Waals surface area contributed by atoms with Crippen molar-refractivity contribution in [2.75, 3.05) is 19.8 Å². The molecule has 0 saturated carbocycles. The van der Waals surface area contributed by atoms with Crippen LogP contribution >= 0.6 is 0 Å². The molecule has 8 heteroatoms. The number of rotatable bonds is 9. The zero-order valence-corrected chi connectivity index (χ0v) is 14.4. The second kappa shape index (κ2) is 10.7. The van der Waals surface area contributed by atoms with Crippen LogP contribution in [-0.4, -0.2) is 49.0 Å². The lowest BCUT2D eigenvalue weighted by molar-refractivity contribution is -0.136. The summed E-state index contributed by atoms with van der Waals surface area (Å²) in [6, 6.07) is 0. The van der Waals surface area contributed by atoms with E-state index in [4.69, 9.17) is 14.2 Å². The van der Waals surface area contributed by atoms with Crippen molar-refractivity contribution >= 4 is 23.6 Å². The highest BCUT2D eigenvalue weighted by molar-refractivity contribution is 6.64. The van der Waals surface area contributed by atoms with Crippen LogP contribution < -0.4 is 5.43 Å². The van der Waals surface area contributed by atoms with Crippen molar-refractivity contribution in [3.63, 3.8) is 0 Å². The number of carbonyl (C=O) groups is 3. The molecular formula is C15H26N2O6. The van der Waals surface area contributed by atoms with Gasteiger partial charge in [0.2, 0.25) is 11.5 Å². The van der Waals surface area contributed by atoms with Crippen molar-refractivity contribution in [1.82, 2.24) is 5.43 Å². The number of amides is 1. The summed E-state index contributed by atoms with van der Waals surface area (Å²) in [6.45, 7) is 8.78. The summed E-state index contributed by atoms with van der Waals surface area (Å²) >= 11 is 0. The average Bonchev–Trinajstić information content (AvgIpc) is 2.42. The van der Waals surface area contributed by atoms with Crippen molar-refractivity contribution in [2.24, 2.45) is 5.10 Å². The van der Waals surface area contributed by atoms with E-state index in [9.17, 15) is 14.4 Å². The molecule has 0 bridgehead atoms. The van der Waals surface area contributed by atoms with Gasteiger partial charge in [-0.3, -0.25) is 4.79 Å². The molecule has 0 aromatic carbocycles. The van der Waals surface area contributed by atoms with Crippen LogP contribution in [0.3, 0.4) is 0 Å². The minimum atomic E-state index is -0.923. The van der Waals surface area contributed by atoms with Gasteiger partial charge in [-0.15, -0.1) is 0 Å². The maximum Gasteiger partial charge on any atom is 0.428 e. The van der Waals surface area contributed by atoms with Crippen molar-refractivity contribution in [2.45, 2.75) is 53.1 Å². The zero-order chi connectivity index (χ0) is 17.9. The third-order valence-corrected chi connectivity index (χ3v) is 2.27. The Morgan fingerprint density at radius 2 is 1.78 bits per heavy atom. The highest BCUT2D eigenvalue weighted by Crippen LogP contribution is 2.06. The third-order valence-electron chi connectivity index (χ3n) is 2.27. The number of nitrogens with zero attached hydrogens (tertiary/aromatic N) is 1. The van der Waals surface area contributed by atoms with Gasteiger partial charge >= 0.3 is 12.1 Å². The van der Waals surface area contributed by atoms with E-state index >= 15 is 0 Å². The summed E-state index contributed by atoms with van der Waals surface area (Å²) < 4.78 is 14.9. The molecule has 0 atom stereocenters. The highest BCUT2D eigenvalue weighted by Gasteiger charge is 2.23. The topological polar surface area (TPSA) is 103 Å². The van der Waals surface area contributed by atoms with E-state index < -0.39 is 29.2 Å². The van der Waals surface area contributed by atoms with Crippen LogP contribution in [0, 0.1) is 0 Å². The lowest BCUT2D eigenvalue weighted by atomic mass is 10.2. The maximum absolute atomic E-state index is 12.0. The third kappa shape index (κ3) is 10.4. The molecule has 0 spiro atoms. The van der Waals surface area contributed by atoms with Gasteiger partial charge in [-0.05, 0) is 34.1 Å². The Bertz CT molecular complexity index is 440. The van der Waals surface area contributed by atoms with E-state index in [0.29, 0.717) is 6.61 Å². The van der Waals surface area contributed by atoms with Crippen molar-refractivity contribution in [3.05, 3.63) is 0 Å². The molecule has 0 radical (unpaired) electrons. The van der Waals surface area contributed by atoms with Crippen LogP contribution in [0.1, 0.15) is 47.5 Å². The Kier molecular flexibility index (Phi) is 9.80. The molecule has 132 valence electrons. The zero-order valence-electron chi connectivity index (χ0n) is 14.4. The first kappa shape index (κ1) is 21.0. The number of hydrogen-bond donors (Lipinski definition) is 1. The normalized spacial score (nSPS) is 11.8. The molecule has 0 unspecified atom stereocenters. The van der Waals surface area contributed by atoms with Gasteiger partial charge in [-0.25, -0.2) is 15.0 Å². The second-order valence-electron chi connectivity index (χ2n) is 5.62. The van der Waals surface area contributed by atoms with Crippen LogP contribution in [0.25, 0.3) is 0 Å². The van der Waals surface area contributed by atoms with Crippen LogP contribution in [0.4, 0.5) is 4.79 Å². The molecule has 0 heterocycles. The minimum Gasteiger partial charge on any atom is -0.461 e. The summed E-state index contributed by atoms with van der Waals surface area (Å²) in [4.78, 5) is 35.3. The largest absolute Gasteiger partial charge is 0.461 e. The first-order chi connectivity index (χ1) is 10.7. The van der Waals surface area contributed by atoms with Gasteiger partial charge in [0.25, 0.3) is 0 Å². The molecule has 0 rings (SSSR count). The molecule has 0 aliphatic heterocycles. The number of unbranched alkanes of at least 4 members (excludes halogenated alkanes) is 1. The molecule has 0 aromatic heterocycles. The van der Waals surface area contributed by atoms with Crippen molar-refractivity contribution < 1.29 is 28.6 Å². The number of esters is 1. The van der Waals surface area contributed by atoms with Crippen LogP contribution in [0.5, 0.6) is 0 Å². The van der Waals surface area contributed by atoms with Crippen LogP contribution in [-0.2, 0) is 23.8 Å². The van der Waals surface area contributed by atoms with E-state index in [1.165, 1.54) is 0 Å². The Balaban J connectivity index is 4.79. The van der Waals surface area contributed by atoms with E-state index in [2.05, 4.69) is 5.10 Å². The summed E-state index contributed by atoms with van der Waals surface area (Å²) in [5.41, 5.74) is 0.752. The number of nitrogens with one attached hydrogen (secondary N) is 1. The molecule has 1 amide bonds. The molecule has 23 heavy (non-hydrogen) atoms. The molecular weight excluding hydrogens is 304 g/mol. The second-order valence-corrected chi connectivity index (χ2v) is 5.62. The van der Waals surface area contributed by atoms with Crippen LogP contribution in [0.15, 0.2) is 5.10 Å². The van der Waals surface area contributed by atoms with Gasteiger partial charge in [0.1, 0.15) is 12.2 Å². The molecule has 0 aliphatic rings. The monoisotopic (exact) mass is 330 g/mol. The Hall–Kier alpha value is -1.96. The summed E-state index contributed by atoms with van der Waals surface area (Å²) in [6.07, 6.45) is 0.849. The Labute approximate surface area is 136 Å². The van der Waals surface area contributed by atoms with Crippen LogP contribution in [0.2, 0.25) is 0 Å². The summed E-state index contributed by atoms with van der Waals surface area (Å²) in [7, 11) is 0. The van der Waals surface area contributed by atoms with Gasteiger partial charge < -0.3 is 14.2 Å². The maximum atomic E-state index is 12.0. The molecule has 1 N–H and O–H groups in total. The van der Waals surface area contributed by atoms with Crippen molar-refractivity contribution in [3.8, 4) is 0 Å². The van der Waals surface area contributed by atoms with E-state index in [1.807, 2.05) is 12.3 Å². The number of ether oxygens (including phenoxy) is 3. The lowest BCUT2D eigenvalue weighted by Gasteiger charge is -2.18. The minimum absolute atomic E-state index is 0.0776. The predicted octanol–water partition coefficient (Wildman–Crippen LogP) is 1.82. The smallest absolute Gasteiger partial charge is 0.428 e. The van der Waals surface area contributed by atoms with E-state index in [1.54, 1.807) is 27.7 Å². The molecule has 8 nitrogen and oxygen atoms in total. The van der Waals surface area contributed by atoms with Gasteiger partial charge in [-0.1, -0.05) is 13.3 Å². The molecule has 0 fully saturated rings. The standard InChI is InChI=1S/C15H26N2O6/c1-6-8-9-21-10-11(18)12(13(19)22-7-2)16-17-14(20)23-15(3,4)5/h6-10H2,1-5H3,(H,17,20). The first-order valence-corrected chi connectivity index (χ1v) is 7.56. The number of hydrazone groups is 1. The number of hydrogen-bond acceptors (Lipinski definition) is 7. The fraction of sp³-hybridized carbons (Fsp3) is 0.733. The molecule has 0 saturated heterocycles. The highest BCUT2D eigenvalue weighted by atomic mass is 16.6. The Morgan fingerprint density at radius 1 is 1.13 bits per heavy atom. The fourth-order valence-corrected chi connectivity index (χ4v) is 1.30. The lowest BCUT2D eigenvalue weighted by Crippen LogP contribution is -2.35. The van der Waals surface area contributed by atoms with Gasteiger partial charge in [0, 0.05) is 6.61 Å². The van der Waals surface area contributed by atoms with Crippen molar-refractivity contribution in [1.29, 1.82) is 0 Å². The molecule has 0 aromatic rings. The number of Topliss-reactive ketones (excluding diaryl/α,β-unsaturated/α-hetero) is 1. The van der Waals surface area contributed by atoms with Gasteiger partial charge in [-0.2, -0.15) is 5.10 Å². The van der Waals surface area contributed by atoms with Gasteiger partial charge in [0.15, 0.2) is 0 Å². The average molecular weight is 330 g/mol. The van der Waals surface area contributed by atoms with E-state index in [0.717, 1.165) is 12.8 Å². The van der Waals surface area contributed by atoms with Gasteiger partial charge in [0.05, 0.1) is 6.61 Å². The predicted molar refractivity (Wildman–Crippen MR) is 84.2 cm³/mol. The number of ketones is 1. The molecule has 0 aliphatic carbocycles. The SMILES string of the molecule is CCCCOCC(=O)C(=NNC(=O)OC(C)(C)C)C(=O)OCC. The quantitative estimate of drug-likeness (QED) is 0.227. The summed E-state index contributed by atoms with van der Waals surface area (Å²) in [5.74, 6) is -1.59.